The summed E-state index contributed by atoms with van der Waals surface area (Å²) in [6.45, 7) is 10.6. The van der Waals surface area contributed by atoms with E-state index in [2.05, 4.69) is 92.1 Å². The van der Waals surface area contributed by atoms with Crippen molar-refractivity contribution >= 4 is 45.8 Å². The van der Waals surface area contributed by atoms with Gasteiger partial charge in [-0.25, -0.2) is 19.5 Å². The largest absolute Gasteiger partial charge is 0.276 e. The van der Waals surface area contributed by atoms with Crippen LogP contribution in [0.2, 0.25) is 0 Å². The van der Waals surface area contributed by atoms with Crippen LogP contribution in [0.25, 0.3) is 34.0 Å². The van der Waals surface area contributed by atoms with Crippen molar-refractivity contribution < 1.29 is 0 Å². The van der Waals surface area contributed by atoms with Crippen molar-refractivity contribution in [1.29, 1.82) is 5.26 Å². The molecule has 0 amide bonds. The monoisotopic (exact) mass is 624 g/mol. The van der Waals surface area contributed by atoms with Gasteiger partial charge in [0.05, 0.1) is 51.6 Å². The van der Waals surface area contributed by atoms with Gasteiger partial charge in [0.25, 0.3) is 0 Å². The van der Waals surface area contributed by atoms with E-state index in [1.165, 1.54) is 0 Å². The predicted octanol–water partition coefficient (Wildman–Crippen LogP) is 8.08. The molecule has 1 aliphatic rings. The summed E-state index contributed by atoms with van der Waals surface area (Å²) < 4.78 is 1.88. The van der Waals surface area contributed by atoms with Crippen LogP contribution < -0.4 is 15.0 Å². The summed E-state index contributed by atoms with van der Waals surface area (Å²) in [5.74, 6) is 2.47. The molecule has 48 heavy (non-hydrogen) atoms. The molecule has 0 atom stereocenters. The standard InChI is InChI=1S/C40H32N8/c1-24-10-8-11-25(2)36(24)46-35(21-20-31-28(5)45-48-34(23-42-38(31)48)30-18-16-29(22-41)17-19-30)47(37-26(3)12-9-13-27(37)4)40-39(46)43-32-14-6-7-15-33(32)44-40/h6-21,23H,1-5H3/b31-20-. The topological polar surface area (TPSA) is 86.2 Å². The van der Waals surface area contributed by atoms with Gasteiger partial charge in [0.1, 0.15) is 5.82 Å². The minimum atomic E-state index is 0.614. The molecule has 3 aromatic heterocycles. The molecule has 4 aromatic carbocycles. The lowest BCUT2D eigenvalue weighted by Crippen LogP contribution is -2.24. The molecule has 232 valence electrons. The lowest BCUT2D eigenvalue weighted by atomic mass is 10.1. The van der Waals surface area contributed by atoms with Crippen molar-refractivity contribution in [3.8, 4) is 17.3 Å². The number of benzene rings is 4. The molecule has 0 aliphatic carbocycles. The fourth-order valence-corrected chi connectivity index (χ4v) is 6.77. The second kappa shape index (κ2) is 11.2. The molecule has 0 saturated heterocycles. The normalized spacial score (nSPS) is 13.1. The van der Waals surface area contributed by atoms with Crippen LogP contribution in [0.3, 0.4) is 0 Å². The highest BCUT2D eigenvalue weighted by Gasteiger charge is 2.39. The molecule has 0 N–H and O–H groups in total. The zero-order valence-corrected chi connectivity index (χ0v) is 27.4. The second-order valence-corrected chi connectivity index (χ2v) is 12.3. The van der Waals surface area contributed by atoms with Gasteiger partial charge in [-0.2, -0.15) is 10.4 Å². The maximum atomic E-state index is 9.27. The Hall–Kier alpha value is -6.33. The number of nitriles is 1. The minimum absolute atomic E-state index is 0.614. The quantitative estimate of drug-likeness (QED) is 0.196. The van der Waals surface area contributed by atoms with Crippen LogP contribution in [0.4, 0.5) is 23.0 Å². The van der Waals surface area contributed by atoms with E-state index in [1.807, 2.05) is 66.2 Å². The van der Waals surface area contributed by atoms with Crippen LogP contribution in [-0.4, -0.2) is 24.6 Å². The number of allylic oxidation sites excluding steroid dienone is 1. The Kier molecular flexibility index (Phi) is 6.78. The van der Waals surface area contributed by atoms with Crippen molar-refractivity contribution in [2.75, 3.05) is 9.80 Å². The average Bonchev–Trinajstić information content (AvgIpc) is 3.72. The molecule has 0 fully saturated rings. The molecule has 0 saturated carbocycles. The Balaban J connectivity index is 1.41. The molecule has 8 nitrogen and oxygen atoms in total. The lowest BCUT2D eigenvalue weighted by Gasteiger charge is -2.28. The molecule has 7 aromatic rings. The fraction of sp³-hybridized carbons (Fsp3) is 0.125. The zero-order chi connectivity index (χ0) is 33.1. The number of rotatable bonds is 4. The first-order chi connectivity index (χ1) is 23.3. The van der Waals surface area contributed by atoms with Crippen LogP contribution in [0.1, 0.15) is 33.5 Å². The molecular weight excluding hydrogens is 592 g/mol. The minimum Gasteiger partial charge on any atom is -0.276 e. The van der Waals surface area contributed by atoms with Crippen LogP contribution in [-0.2, 0) is 0 Å². The number of hydrogen-bond acceptors (Lipinski definition) is 7. The first-order valence-electron chi connectivity index (χ1n) is 15.9. The number of nitrogens with zero attached hydrogens (tertiary/aromatic N) is 8. The van der Waals surface area contributed by atoms with Crippen LogP contribution in [0, 0.1) is 45.9 Å². The van der Waals surface area contributed by atoms with E-state index in [0.717, 1.165) is 89.9 Å². The van der Waals surface area contributed by atoms with E-state index < -0.39 is 0 Å². The molecule has 8 rings (SSSR count). The highest BCUT2D eigenvalue weighted by atomic mass is 15.5. The molecular formula is C40H32N8. The number of fused-ring (bicyclic) bond motifs is 3. The van der Waals surface area contributed by atoms with Crippen LogP contribution in [0.15, 0.2) is 103 Å². The van der Waals surface area contributed by atoms with Gasteiger partial charge in [-0.3, -0.25) is 9.80 Å². The molecule has 0 radical (unpaired) electrons. The van der Waals surface area contributed by atoms with Gasteiger partial charge in [-0.05, 0) is 93.3 Å². The van der Waals surface area contributed by atoms with E-state index in [9.17, 15) is 5.26 Å². The highest BCUT2D eigenvalue weighted by molar-refractivity contribution is 5.96. The van der Waals surface area contributed by atoms with E-state index >= 15 is 0 Å². The summed E-state index contributed by atoms with van der Waals surface area (Å²) in [5.41, 5.74) is 12.4. The van der Waals surface area contributed by atoms with Gasteiger partial charge >= 0.3 is 0 Å². The molecule has 0 bridgehead atoms. The second-order valence-electron chi connectivity index (χ2n) is 12.3. The summed E-state index contributed by atoms with van der Waals surface area (Å²) >= 11 is 0. The summed E-state index contributed by atoms with van der Waals surface area (Å²) in [6.07, 6.45) is 6.09. The Morgan fingerprint density at radius 2 is 1.19 bits per heavy atom. The maximum Gasteiger partial charge on any atom is 0.183 e. The Labute approximate surface area is 278 Å². The van der Waals surface area contributed by atoms with E-state index in [-0.39, 0.29) is 0 Å². The summed E-state index contributed by atoms with van der Waals surface area (Å²) in [4.78, 5) is 19.8. The SMILES string of the molecule is Cc1cccc(C)c1N1C(=C/C=c2/c(C)nn3c(-c4ccc(C#N)cc4)cnc23)N(c2c(C)cccc2C)c2nc3ccccc3nc21. The lowest BCUT2D eigenvalue weighted by molar-refractivity contribution is 0.950. The number of hydrogen-bond donors (Lipinski definition) is 0. The Bertz CT molecular complexity index is 2400. The zero-order valence-electron chi connectivity index (χ0n) is 27.4. The maximum absolute atomic E-state index is 9.27. The van der Waals surface area contributed by atoms with Gasteiger partial charge in [0.15, 0.2) is 17.3 Å². The van der Waals surface area contributed by atoms with Gasteiger partial charge < -0.3 is 0 Å². The van der Waals surface area contributed by atoms with Crippen molar-refractivity contribution in [3.05, 3.63) is 142 Å². The van der Waals surface area contributed by atoms with Gasteiger partial charge in [-0.1, -0.05) is 60.7 Å². The number of imidazole rings is 1. The Morgan fingerprint density at radius 3 is 1.71 bits per heavy atom. The average molecular weight is 625 g/mol. The third kappa shape index (κ3) is 4.51. The van der Waals surface area contributed by atoms with Crippen LogP contribution >= 0.6 is 0 Å². The fourth-order valence-electron chi connectivity index (χ4n) is 6.77. The first kappa shape index (κ1) is 29.1. The molecule has 0 unspecified atom stereocenters. The molecule has 1 aliphatic heterocycles. The molecule has 0 spiro atoms. The number of aromatic nitrogens is 5. The van der Waals surface area contributed by atoms with E-state index in [1.54, 1.807) is 0 Å². The summed E-state index contributed by atoms with van der Waals surface area (Å²) in [7, 11) is 0. The summed E-state index contributed by atoms with van der Waals surface area (Å²) in [5, 5.41) is 15.1. The Morgan fingerprint density at radius 1 is 0.646 bits per heavy atom. The molecule has 4 heterocycles. The van der Waals surface area contributed by atoms with Gasteiger partial charge in [0.2, 0.25) is 0 Å². The van der Waals surface area contributed by atoms with Gasteiger partial charge in [0, 0.05) is 10.8 Å². The third-order valence-corrected chi connectivity index (χ3v) is 9.07. The number of anilines is 4. The van der Waals surface area contributed by atoms with Crippen LogP contribution in [0.5, 0.6) is 0 Å². The molecule has 8 heteroatoms. The van der Waals surface area contributed by atoms with E-state index in [4.69, 9.17) is 20.1 Å². The number of aryl methyl sites for hydroxylation is 5. The first-order valence-corrected chi connectivity index (χ1v) is 15.9. The number of para-hydroxylation sites is 4. The van der Waals surface area contributed by atoms with Crippen molar-refractivity contribution in [3.63, 3.8) is 0 Å². The summed E-state index contributed by atoms with van der Waals surface area (Å²) in [6, 6.07) is 30.5. The van der Waals surface area contributed by atoms with Gasteiger partial charge in [-0.15, -0.1) is 0 Å². The van der Waals surface area contributed by atoms with Crippen molar-refractivity contribution in [2.45, 2.75) is 34.6 Å². The smallest absolute Gasteiger partial charge is 0.183 e. The van der Waals surface area contributed by atoms with Crippen molar-refractivity contribution in [2.24, 2.45) is 0 Å². The predicted molar refractivity (Wildman–Crippen MR) is 191 cm³/mol. The van der Waals surface area contributed by atoms with Crippen molar-refractivity contribution in [1.82, 2.24) is 24.6 Å². The third-order valence-electron chi connectivity index (χ3n) is 9.07. The van der Waals surface area contributed by atoms with E-state index in [0.29, 0.717) is 5.56 Å². The highest BCUT2D eigenvalue weighted by Crippen LogP contribution is 2.51.